The van der Waals surface area contributed by atoms with E-state index in [1.807, 2.05) is 45.0 Å². The van der Waals surface area contributed by atoms with Crippen LogP contribution in [0.5, 0.6) is 0 Å². The summed E-state index contributed by atoms with van der Waals surface area (Å²) in [6.07, 6.45) is 0. The second kappa shape index (κ2) is 5.43. The molecule has 0 spiro atoms. The maximum absolute atomic E-state index is 12.2. The Balaban J connectivity index is 2.94. The molecule has 0 aromatic heterocycles. The van der Waals surface area contributed by atoms with Crippen molar-refractivity contribution in [3.8, 4) is 0 Å². The van der Waals surface area contributed by atoms with Crippen LogP contribution in [0.15, 0.2) is 24.3 Å². The minimum Gasteiger partial charge on any atom is -0.316 e. The van der Waals surface area contributed by atoms with E-state index >= 15 is 0 Å². The van der Waals surface area contributed by atoms with Crippen molar-refractivity contribution in [3.63, 3.8) is 0 Å². The number of carbonyl (C=O) groups excluding carboxylic acids is 2. The molecular formula is C15H22N2O2. The van der Waals surface area contributed by atoms with Crippen molar-refractivity contribution in [1.29, 1.82) is 0 Å². The van der Waals surface area contributed by atoms with Crippen LogP contribution in [0.25, 0.3) is 0 Å². The first-order valence-corrected chi connectivity index (χ1v) is 6.27. The molecule has 0 aliphatic heterocycles. The van der Waals surface area contributed by atoms with Crippen molar-refractivity contribution in [2.24, 2.45) is 5.41 Å². The number of amides is 2. The second-order valence-corrected chi connectivity index (χ2v) is 5.71. The molecule has 1 rings (SSSR count). The molecule has 4 nitrogen and oxygen atoms in total. The fraction of sp³-hybridized carbons (Fsp3) is 0.467. The third-order valence-corrected chi connectivity index (χ3v) is 3.04. The molecular weight excluding hydrogens is 240 g/mol. The highest BCUT2D eigenvalue weighted by Crippen LogP contribution is 2.24. The Kier molecular flexibility index (Phi) is 4.35. The van der Waals surface area contributed by atoms with Crippen LogP contribution in [0.1, 0.15) is 27.7 Å². The van der Waals surface area contributed by atoms with Gasteiger partial charge in [-0.3, -0.25) is 9.59 Å². The van der Waals surface area contributed by atoms with Crippen LogP contribution in [0.2, 0.25) is 0 Å². The molecule has 0 aliphatic rings. The summed E-state index contributed by atoms with van der Waals surface area (Å²) in [5.74, 6) is 0.0343. The van der Waals surface area contributed by atoms with Gasteiger partial charge in [0.1, 0.15) is 0 Å². The summed E-state index contributed by atoms with van der Waals surface area (Å²) in [5.41, 5.74) is 1.22. The summed E-state index contributed by atoms with van der Waals surface area (Å²) in [6, 6.07) is 7.36. The molecule has 1 aromatic rings. The number of benzene rings is 1. The Morgan fingerprint density at radius 3 is 1.58 bits per heavy atom. The third-order valence-electron chi connectivity index (χ3n) is 3.04. The molecule has 2 amide bonds. The molecule has 0 bridgehead atoms. The van der Waals surface area contributed by atoms with Gasteiger partial charge in [0.15, 0.2) is 0 Å². The standard InChI is InChI=1S/C15H22N2O2/c1-11(18)16(5)12-7-9-13(10-8-12)17(6)14(19)15(2,3)4/h7-10H,1-6H3. The van der Waals surface area contributed by atoms with Gasteiger partial charge in [-0.2, -0.15) is 0 Å². The van der Waals surface area contributed by atoms with E-state index in [2.05, 4.69) is 0 Å². The highest BCUT2D eigenvalue weighted by Gasteiger charge is 2.25. The van der Waals surface area contributed by atoms with Gasteiger partial charge in [0.2, 0.25) is 11.8 Å². The van der Waals surface area contributed by atoms with Crippen molar-refractivity contribution in [2.75, 3.05) is 23.9 Å². The van der Waals surface area contributed by atoms with E-state index < -0.39 is 5.41 Å². The average molecular weight is 262 g/mol. The summed E-state index contributed by atoms with van der Waals surface area (Å²) in [5, 5.41) is 0. The lowest BCUT2D eigenvalue weighted by atomic mass is 9.94. The molecule has 19 heavy (non-hydrogen) atoms. The lowest BCUT2D eigenvalue weighted by Gasteiger charge is -2.26. The molecule has 0 unspecified atom stereocenters. The largest absolute Gasteiger partial charge is 0.316 e. The van der Waals surface area contributed by atoms with Crippen molar-refractivity contribution in [3.05, 3.63) is 24.3 Å². The molecule has 1 aromatic carbocycles. The highest BCUT2D eigenvalue weighted by atomic mass is 16.2. The number of rotatable bonds is 2. The lowest BCUT2D eigenvalue weighted by Crippen LogP contribution is -2.36. The highest BCUT2D eigenvalue weighted by molar-refractivity contribution is 5.97. The van der Waals surface area contributed by atoms with E-state index in [1.165, 1.54) is 6.92 Å². The Morgan fingerprint density at radius 1 is 0.895 bits per heavy atom. The van der Waals surface area contributed by atoms with Crippen molar-refractivity contribution in [2.45, 2.75) is 27.7 Å². The van der Waals surface area contributed by atoms with Gasteiger partial charge in [-0.15, -0.1) is 0 Å². The first-order valence-electron chi connectivity index (χ1n) is 6.27. The van der Waals surface area contributed by atoms with Crippen molar-refractivity contribution in [1.82, 2.24) is 0 Å². The monoisotopic (exact) mass is 262 g/mol. The molecule has 0 radical (unpaired) electrons. The number of hydrogen-bond donors (Lipinski definition) is 0. The maximum atomic E-state index is 12.2. The van der Waals surface area contributed by atoms with Crippen LogP contribution in [-0.2, 0) is 9.59 Å². The van der Waals surface area contributed by atoms with Crippen LogP contribution in [0, 0.1) is 5.41 Å². The topological polar surface area (TPSA) is 40.6 Å². The van der Waals surface area contributed by atoms with E-state index in [1.54, 1.807) is 23.9 Å². The van der Waals surface area contributed by atoms with E-state index in [9.17, 15) is 9.59 Å². The van der Waals surface area contributed by atoms with Gasteiger partial charge in [0.05, 0.1) is 0 Å². The van der Waals surface area contributed by atoms with Crippen LogP contribution in [0.4, 0.5) is 11.4 Å². The van der Waals surface area contributed by atoms with E-state index in [4.69, 9.17) is 0 Å². The number of carbonyl (C=O) groups is 2. The van der Waals surface area contributed by atoms with Crippen LogP contribution in [0.3, 0.4) is 0 Å². The number of anilines is 2. The van der Waals surface area contributed by atoms with Crippen LogP contribution in [-0.4, -0.2) is 25.9 Å². The van der Waals surface area contributed by atoms with Crippen molar-refractivity contribution < 1.29 is 9.59 Å². The Labute approximate surface area is 115 Å². The summed E-state index contributed by atoms with van der Waals surface area (Å²) in [6.45, 7) is 7.19. The van der Waals surface area contributed by atoms with Gasteiger partial charge in [-0.05, 0) is 24.3 Å². The zero-order valence-electron chi connectivity index (χ0n) is 12.5. The first-order chi connectivity index (χ1) is 8.64. The van der Waals surface area contributed by atoms with Crippen LogP contribution >= 0.6 is 0 Å². The van der Waals surface area contributed by atoms with E-state index in [0.29, 0.717) is 0 Å². The van der Waals surface area contributed by atoms with Gasteiger partial charge in [0, 0.05) is 37.8 Å². The average Bonchev–Trinajstić information content (AvgIpc) is 2.35. The minimum atomic E-state index is -0.413. The third kappa shape index (κ3) is 3.56. The molecule has 0 heterocycles. The Bertz CT molecular complexity index is 472. The first kappa shape index (κ1) is 15.2. The molecule has 0 N–H and O–H groups in total. The quantitative estimate of drug-likeness (QED) is 0.822. The molecule has 0 saturated carbocycles. The number of hydrogen-bond acceptors (Lipinski definition) is 2. The van der Waals surface area contributed by atoms with Gasteiger partial charge in [-0.1, -0.05) is 20.8 Å². The summed E-state index contributed by atoms with van der Waals surface area (Å²) >= 11 is 0. The summed E-state index contributed by atoms with van der Waals surface area (Å²) in [7, 11) is 3.48. The SMILES string of the molecule is CC(=O)N(C)c1ccc(N(C)C(=O)C(C)(C)C)cc1. The fourth-order valence-electron chi connectivity index (χ4n) is 1.70. The predicted octanol–water partition coefficient (Wildman–Crippen LogP) is 2.68. The summed E-state index contributed by atoms with van der Waals surface area (Å²) in [4.78, 5) is 26.6. The van der Waals surface area contributed by atoms with Gasteiger partial charge in [-0.25, -0.2) is 0 Å². The van der Waals surface area contributed by atoms with Crippen molar-refractivity contribution >= 4 is 23.2 Å². The molecule has 0 atom stereocenters. The molecule has 4 heteroatoms. The normalized spacial score (nSPS) is 11.1. The second-order valence-electron chi connectivity index (χ2n) is 5.71. The van der Waals surface area contributed by atoms with Gasteiger partial charge in [0.25, 0.3) is 0 Å². The number of nitrogens with zero attached hydrogens (tertiary/aromatic N) is 2. The van der Waals surface area contributed by atoms with E-state index in [-0.39, 0.29) is 11.8 Å². The zero-order chi connectivity index (χ0) is 14.8. The lowest BCUT2D eigenvalue weighted by molar-refractivity contribution is -0.125. The Morgan fingerprint density at radius 2 is 1.26 bits per heavy atom. The summed E-state index contributed by atoms with van der Waals surface area (Å²) < 4.78 is 0. The predicted molar refractivity (Wildman–Crippen MR) is 78.4 cm³/mol. The van der Waals surface area contributed by atoms with E-state index in [0.717, 1.165) is 11.4 Å². The van der Waals surface area contributed by atoms with Gasteiger partial charge >= 0.3 is 0 Å². The minimum absolute atomic E-state index is 0.0214. The van der Waals surface area contributed by atoms with Crippen LogP contribution < -0.4 is 9.80 Å². The molecule has 0 aliphatic carbocycles. The fourth-order valence-corrected chi connectivity index (χ4v) is 1.70. The molecule has 0 saturated heterocycles. The van der Waals surface area contributed by atoms with Gasteiger partial charge < -0.3 is 9.80 Å². The Hall–Kier alpha value is -1.84. The maximum Gasteiger partial charge on any atom is 0.232 e. The molecule has 0 fully saturated rings. The smallest absolute Gasteiger partial charge is 0.232 e. The zero-order valence-corrected chi connectivity index (χ0v) is 12.5. The molecule has 104 valence electrons.